The van der Waals surface area contributed by atoms with Gasteiger partial charge in [0.05, 0.1) is 5.69 Å². The summed E-state index contributed by atoms with van der Waals surface area (Å²) in [6.45, 7) is 2.93. The molecule has 21 heavy (non-hydrogen) atoms. The van der Waals surface area contributed by atoms with E-state index < -0.39 is 0 Å². The van der Waals surface area contributed by atoms with Crippen LogP contribution in [-0.2, 0) is 6.54 Å². The first-order chi connectivity index (χ1) is 10.2. The lowest BCUT2D eigenvalue weighted by molar-refractivity contribution is 0.190. The Morgan fingerprint density at radius 3 is 2.71 bits per heavy atom. The van der Waals surface area contributed by atoms with Crippen molar-refractivity contribution in [3.05, 3.63) is 42.0 Å². The van der Waals surface area contributed by atoms with Crippen LogP contribution in [-0.4, -0.2) is 36.1 Å². The molecule has 2 aromatic rings. The second-order valence-corrected chi connectivity index (χ2v) is 5.55. The number of hydrogen-bond donors (Lipinski definition) is 1. The average Bonchev–Trinajstić information content (AvgIpc) is 2.97. The highest BCUT2D eigenvalue weighted by molar-refractivity contribution is 5.52. The second kappa shape index (κ2) is 6.37. The zero-order valence-electron chi connectivity index (χ0n) is 12.2. The van der Waals surface area contributed by atoms with Gasteiger partial charge in [0.1, 0.15) is 12.1 Å². The van der Waals surface area contributed by atoms with E-state index >= 15 is 0 Å². The van der Waals surface area contributed by atoms with Gasteiger partial charge in [0.2, 0.25) is 5.89 Å². The molecule has 0 bridgehead atoms. The van der Waals surface area contributed by atoms with Crippen LogP contribution in [0.2, 0.25) is 0 Å². The summed E-state index contributed by atoms with van der Waals surface area (Å²) in [5.41, 5.74) is 1.71. The molecule has 0 radical (unpaired) electrons. The van der Waals surface area contributed by atoms with Crippen molar-refractivity contribution in [2.75, 3.05) is 20.1 Å². The van der Waals surface area contributed by atoms with Crippen molar-refractivity contribution in [1.29, 1.82) is 0 Å². The number of nitrogens with zero attached hydrogens (tertiary/aromatic N) is 2. The van der Waals surface area contributed by atoms with Gasteiger partial charge >= 0.3 is 0 Å². The molecule has 0 atom stereocenters. The van der Waals surface area contributed by atoms with Crippen LogP contribution in [0.25, 0.3) is 11.5 Å². The molecule has 3 rings (SSSR count). The fourth-order valence-corrected chi connectivity index (χ4v) is 2.74. The Labute approximate surface area is 124 Å². The van der Waals surface area contributed by atoms with Crippen molar-refractivity contribution in [1.82, 2.24) is 15.2 Å². The molecule has 4 nitrogen and oxygen atoms in total. The summed E-state index contributed by atoms with van der Waals surface area (Å²) in [7, 11) is 2.13. The molecular weight excluding hydrogens is 269 g/mol. The van der Waals surface area contributed by atoms with Gasteiger partial charge in [-0.2, -0.15) is 0 Å². The molecule has 0 saturated carbocycles. The summed E-state index contributed by atoms with van der Waals surface area (Å²) < 4.78 is 18.4. The predicted octanol–water partition coefficient (Wildman–Crippen LogP) is 2.66. The summed E-state index contributed by atoms with van der Waals surface area (Å²) in [5.74, 6) is 0.292. The van der Waals surface area contributed by atoms with Crippen LogP contribution in [0.1, 0.15) is 18.5 Å². The van der Waals surface area contributed by atoms with Crippen LogP contribution in [0, 0.1) is 5.82 Å². The third-order valence-electron chi connectivity index (χ3n) is 3.99. The molecular formula is C16H20FN3O. The average molecular weight is 289 g/mol. The Morgan fingerprint density at radius 2 is 2.00 bits per heavy atom. The quantitative estimate of drug-likeness (QED) is 0.939. The summed E-state index contributed by atoms with van der Waals surface area (Å²) in [6, 6.07) is 6.79. The minimum atomic E-state index is -0.254. The van der Waals surface area contributed by atoms with E-state index in [1.54, 1.807) is 18.4 Å². The van der Waals surface area contributed by atoms with Crippen LogP contribution in [0.15, 0.2) is 34.9 Å². The maximum atomic E-state index is 12.9. The lowest BCUT2D eigenvalue weighted by Gasteiger charge is -2.30. The highest BCUT2D eigenvalue weighted by Gasteiger charge is 2.19. The summed E-state index contributed by atoms with van der Waals surface area (Å²) in [5, 5.41) is 3.37. The minimum Gasteiger partial charge on any atom is -0.444 e. The zero-order chi connectivity index (χ0) is 14.7. The Balaban J connectivity index is 1.65. The number of rotatable bonds is 4. The third kappa shape index (κ3) is 3.49. The van der Waals surface area contributed by atoms with Crippen molar-refractivity contribution in [2.45, 2.75) is 25.4 Å². The van der Waals surface area contributed by atoms with Gasteiger partial charge in [0, 0.05) is 18.2 Å². The normalized spacial score (nSPS) is 16.5. The monoisotopic (exact) mass is 289 g/mol. The number of benzene rings is 1. The predicted molar refractivity (Wildman–Crippen MR) is 79.3 cm³/mol. The Morgan fingerprint density at radius 1 is 1.29 bits per heavy atom. The van der Waals surface area contributed by atoms with Gasteiger partial charge in [-0.25, -0.2) is 9.37 Å². The molecule has 1 fully saturated rings. The molecule has 112 valence electrons. The number of piperidine rings is 1. The fourth-order valence-electron chi connectivity index (χ4n) is 2.74. The van der Waals surface area contributed by atoms with Crippen molar-refractivity contribution < 1.29 is 8.81 Å². The second-order valence-electron chi connectivity index (χ2n) is 5.55. The van der Waals surface area contributed by atoms with E-state index in [1.807, 2.05) is 0 Å². The van der Waals surface area contributed by atoms with Gasteiger partial charge < -0.3 is 9.73 Å². The first-order valence-corrected chi connectivity index (χ1v) is 7.33. The molecule has 2 heterocycles. The molecule has 0 spiro atoms. The molecule has 5 heteroatoms. The lowest BCUT2D eigenvalue weighted by Crippen LogP contribution is -2.40. The zero-order valence-corrected chi connectivity index (χ0v) is 12.2. The van der Waals surface area contributed by atoms with Gasteiger partial charge in [0.15, 0.2) is 0 Å². The van der Waals surface area contributed by atoms with Gasteiger partial charge in [-0.15, -0.1) is 0 Å². The number of aromatic nitrogens is 1. The summed E-state index contributed by atoms with van der Waals surface area (Å²) in [6.07, 6.45) is 4.02. The van der Waals surface area contributed by atoms with Crippen LogP contribution >= 0.6 is 0 Å². The van der Waals surface area contributed by atoms with E-state index in [1.165, 1.54) is 25.0 Å². The fraction of sp³-hybridized carbons (Fsp3) is 0.438. The van der Waals surface area contributed by atoms with E-state index in [-0.39, 0.29) is 5.82 Å². The smallest absolute Gasteiger partial charge is 0.226 e. The number of nitrogens with one attached hydrogen (secondary N) is 1. The van der Waals surface area contributed by atoms with Crippen LogP contribution in [0.3, 0.4) is 0 Å². The van der Waals surface area contributed by atoms with E-state index in [2.05, 4.69) is 22.2 Å². The highest BCUT2D eigenvalue weighted by atomic mass is 19.1. The summed E-state index contributed by atoms with van der Waals surface area (Å²) >= 11 is 0. The van der Waals surface area contributed by atoms with Crippen molar-refractivity contribution in [3.8, 4) is 11.5 Å². The lowest BCUT2D eigenvalue weighted by atomic mass is 10.1. The maximum absolute atomic E-state index is 12.9. The number of halogens is 1. The Kier molecular flexibility index (Phi) is 4.31. The number of hydrogen-bond acceptors (Lipinski definition) is 4. The molecule has 1 N–H and O–H groups in total. The van der Waals surface area contributed by atoms with Gasteiger partial charge in [-0.05, 0) is 57.2 Å². The molecule has 1 aliphatic rings. The summed E-state index contributed by atoms with van der Waals surface area (Å²) in [4.78, 5) is 6.83. The van der Waals surface area contributed by atoms with Gasteiger partial charge in [0.25, 0.3) is 0 Å². The largest absolute Gasteiger partial charge is 0.444 e. The van der Waals surface area contributed by atoms with Crippen LogP contribution in [0.5, 0.6) is 0 Å². The molecule has 0 aliphatic carbocycles. The maximum Gasteiger partial charge on any atom is 0.226 e. The molecule has 1 aromatic heterocycles. The minimum absolute atomic E-state index is 0.254. The Hall–Kier alpha value is -1.72. The SMILES string of the molecule is CN(Cc1coc(-c2ccc(F)cc2)n1)C1CCNCC1. The van der Waals surface area contributed by atoms with Crippen molar-refractivity contribution in [2.24, 2.45) is 0 Å². The van der Waals surface area contributed by atoms with E-state index in [9.17, 15) is 4.39 Å². The van der Waals surface area contributed by atoms with E-state index in [0.717, 1.165) is 30.9 Å². The highest BCUT2D eigenvalue weighted by Crippen LogP contribution is 2.20. The standard InChI is InChI=1S/C16H20FN3O/c1-20(15-6-8-18-9-7-15)10-14-11-21-16(19-14)12-2-4-13(17)5-3-12/h2-5,11,15,18H,6-10H2,1H3. The molecule has 1 aromatic carbocycles. The van der Waals surface area contributed by atoms with Gasteiger partial charge in [-0.3, -0.25) is 4.90 Å². The first kappa shape index (κ1) is 14.2. The van der Waals surface area contributed by atoms with Gasteiger partial charge in [-0.1, -0.05) is 0 Å². The molecule has 1 saturated heterocycles. The molecule has 1 aliphatic heterocycles. The molecule has 0 unspecified atom stereocenters. The topological polar surface area (TPSA) is 41.3 Å². The number of oxazole rings is 1. The van der Waals surface area contributed by atoms with Crippen molar-refractivity contribution in [3.63, 3.8) is 0 Å². The third-order valence-corrected chi connectivity index (χ3v) is 3.99. The van der Waals surface area contributed by atoms with Crippen LogP contribution < -0.4 is 5.32 Å². The molecule has 0 amide bonds. The Bertz CT molecular complexity index is 575. The van der Waals surface area contributed by atoms with E-state index in [0.29, 0.717) is 11.9 Å². The van der Waals surface area contributed by atoms with E-state index in [4.69, 9.17) is 4.42 Å². The van der Waals surface area contributed by atoms with Crippen molar-refractivity contribution >= 4 is 0 Å². The van der Waals surface area contributed by atoms with Crippen LogP contribution in [0.4, 0.5) is 4.39 Å². The first-order valence-electron chi connectivity index (χ1n) is 7.33.